The Morgan fingerprint density at radius 2 is 2.18 bits per heavy atom. The highest BCUT2D eigenvalue weighted by molar-refractivity contribution is 5.90. The fraction of sp³-hybridized carbons (Fsp3) is 0.429. The molecule has 0 aliphatic heterocycles. The number of carbonyl (C=O) groups excluding carboxylic acids is 2. The molecule has 0 aromatic carbocycles. The van der Waals surface area contributed by atoms with Crippen molar-refractivity contribution in [3.8, 4) is 0 Å². The quantitative estimate of drug-likeness (QED) is 0.377. The Labute approximate surface area is 65.0 Å². The summed E-state index contributed by atoms with van der Waals surface area (Å²) < 4.78 is 4.01. The monoisotopic (exact) mass is 157 g/mol. The van der Waals surface area contributed by atoms with Crippen molar-refractivity contribution in [1.29, 1.82) is 0 Å². The molecule has 0 spiro atoms. The molecule has 0 aliphatic rings. The number of rotatable bonds is 3. The van der Waals surface area contributed by atoms with Gasteiger partial charge in [0, 0.05) is 6.08 Å². The first kappa shape index (κ1) is 9.68. The summed E-state index contributed by atoms with van der Waals surface area (Å²) >= 11 is 0. The lowest BCUT2D eigenvalue weighted by molar-refractivity contribution is -0.131. The summed E-state index contributed by atoms with van der Waals surface area (Å²) in [5, 5.41) is 0. The van der Waals surface area contributed by atoms with Crippen LogP contribution >= 0.6 is 0 Å². The molecule has 2 N–H and O–H groups in total. The largest absolute Gasteiger partial charge is 0.412 e. The van der Waals surface area contributed by atoms with Crippen LogP contribution in [-0.4, -0.2) is 12.1 Å². The smallest absolute Gasteiger partial charge is 0.373 e. The van der Waals surface area contributed by atoms with Gasteiger partial charge in [0.1, 0.15) is 0 Å². The van der Waals surface area contributed by atoms with Crippen molar-refractivity contribution in [2.75, 3.05) is 0 Å². The SMILES string of the molecule is CCCC=CC(=O)OC(N)=O. The molecular formula is C7H11NO3. The van der Waals surface area contributed by atoms with Gasteiger partial charge >= 0.3 is 12.1 Å². The average Bonchev–Trinajstić information content (AvgIpc) is 1.86. The summed E-state index contributed by atoms with van der Waals surface area (Å²) in [6, 6.07) is 0. The zero-order chi connectivity index (χ0) is 8.69. The predicted octanol–water partition coefficient (Wildman–Crippen LogP) is 0.965. The molecular weight excluding hydrogens is 146 g/mol. The van der Waals surface area contributed by atoms with E-state index in [1.54, 1.807) is 6.08 Å². The van der Waals surface area contributed by atoms with E-state index < -0.39 is 12.1 Å². The number of nitrogens with two attached hydrogens (primary N) is 1. The van der Waals surface area contributed by atoms with Crippen LogP contribution in [0.15, 0.2) is 12.2 Å². The Morgan fingerprint density at radius 3 is 2.64 bits per heavy atom. The van der Waals surface area contributed by atoms with E-state index in [1.165, 1.54) is 6.08 Å². The molecule has 0 fully saturated rings. The third kappa shape index (κ3) is 6.57. The lowest BCUT2D eigenvalue weighted by Crippen LogP contribution is -2.16. The van der Waals surface area contributed by atoms with Crippen LogP contribution in [0.3, 0.4) is 0 Å². The molecule has 0 aliphatic carbocycles. The Hall–Kier alpha value is -1.32. The van der Waals surface area contributed by atoms with Crippen molar-refractivity contribution in [1.82, 2.24) is 0 Å². The van der Waals surface area contributed by atoms with E-state index in [4.69, 9.17) is 0 Å². The average molecular weight is 157 g/mol. The van der Waals surface area contributed by atoms with Gasteiger partial charge in [-0.2, -0.15) is 0 Å². The summed E-state index contributed by atoms with van der Waals surface area (Å²) in [6.07, 6.45) is 3.48. The molecule has 0 bridgehead atoms. The minimum absolute atomic E-state index is 0.717. The van der Waals surface area contributed by atoms with Gasteiger partial charge in [-0.15, -0.1) is 0 Å². The van der Waals surface area contributed by atoms with E-state index in [-0.39, 0.29) is 0 Å². The first-order valence-electron chi connectivity index (χ1n) is 3.34. The van der Waals surface area contributed by atoms with Gasteiger partial charge in [0.15, 0.2) is 0 Å². The van der Waals surface area contributed by atoms with Gasteiger partial charge in [-0.3, -0.25) is 0 Å². The van der Waals surface area contributed by atoms with Gasteiger partial charge in [0.05, 0.1) is 0 Å². The topological polar surface area (TPSA) is 69.4 Å². The van der Waals surface area contributed by atoms with Gasteiger partial charge in [0.2, 0.25) is 0 Å². The third-order valence-electron chi connectivity index (χ3n) is 0.910. The van der Waals surface area contributed by atoms with E-state index in [2.05, 4.69) is 10.5 Å². The Morgan fingerprint density at radius 1 is 1.55 bits per heavy atom. The van der Waals surface area contributed by atoms with Crippen LogP contribution in [0.4, 0.5) is 4.79 Å². The maximum atomic E-state index is 10.5. The number of carbonyl (C=O) groups is 2. The molecule has 0 aromatic rings. The van der Waals surface area contributed by atoms with Crippen LogP contribution in [0.1, 0.15) is 19.8 Å². The Kier molecular flexibility index (Phi) is 4.81. The second-order valence-corrected chi connectivity index (χ2v) is 1.93. The van der Waals surface area contributed by atoms with Gasteiger partial charge in [0.25, 0.3) is 0 Å². The van der Waals surface area contributed by atoms with Crippen molar-refractivity contribution >= 4 is 12.1 Å². The first-order valence-corrected chi connectivity index (χ1v) is 3.34. The third-order valence-corrected chi connectivity index (χ3v) is 0.910. The highest BCUT2D eigenvalue weighted by atomic mass is 16.6. The fourth-order valence-electron chi connectivity index (χ4n) is 0.479. The summed E-state index contributed by atoms with van der Waals surface area (Å²) in [7, 11) is 0. The highest BCUT2D eigenvalue weighted by Crippen LogP contribution is 1.89. The molecule has 0 aromatic heterocycles. The number of ether oxygens (including phenoxy) is 1. The second kappa shape index (κ2) is 5.46. The molecule has 0 rings (SSSR count). The zero-order valence-corrected chi connectivity index (χ0v) is 6.37. The zero-order valence-electron chi connectivity index (χ0n) is 6.37. The van der Waals surface area contributed by atoms with Crippen LogP contribution in [0.25, 0.3) is 0 Å². The summed E-state index contributed by atoms with van der Waals surface area (Å²) in [5.41, 5.74) is 4.58. The van der Waals surface area contributed by atoms with Gasteiger partial charge in [-0.25, -0.2) is 9.59 Å². The van der Waals surface area contributed by atoms with Gasteiger partial charge in [-0.1, -0.05) is 19.4 Å². The predicted molar refractivity (Wildman–Crippen MR) is 39.7 cm³/mol. The van der Waals surface area contributed by atoms with E-state index in [0.29, 0.717) is 0 Å². The van der Waals surface area contributed by atoms with E-state index >= 15 is 0 Å². The van der Waals surface area contributed by atoms with Crippen molar-refractivity contribution < 1.29 is 14.3 Å². The second-order valence-electron chi connectivity index (χ2n) is 1.93. The molecule has 0 radical (unpaired) electrons. The number of primary amides is 1. The van der Waals surface area contributed by atoms with E-state index in [1.807, 2.05) is 6.92 Å². The molecule has 4 nitrogen and oxygen atoms in total. The highest BCUT2D eigenvalue weighted by Gasteiger charge is 1.99. The number of allylic oxidation sites excluding steroid dienone is 1. The Bertz CT molecular complexity index is 175. The number of hydrogen-bond acceptors (Lipinski definition) is 3. The van der Waals surface area contributed by atoms with Gasteiger partial charge < -0.3 is 10.5 Å². The summed E-state index contributed by atoms with van der Waals surface area (Å²) in [6.45, 7) is 1.98. The summed E-state index contributed by atoms with van der Waals surface area (Å²) in [5.74, 6) is -0.717. The van der Waals surface area contributed by atoms with Crippen LogP contribution < -0.4 is 5.73 Å². The molecule has 0 saturated heterocycles. The van der Waals surface area contributed by atoms with Crippen molar-refractivity contribution in [2.45, 2.75) is 19.8 Å². The molecule has 0 atom stereocenters. The van der Waals surface area contributed by atoms with Crippen LogP contribution in [-0.2, 0) is 9.53 Å². The van der Waals surface area contributed by atoms with Crippen molar-refractivity contribution in [3.05, 3.63) is 12.2 Å². The number of unbranched alkanes of at least 4 members (excludes halogenated alkanes) is 1. The minimum Gasteiger partial charge on any atom is -0.373 e. The fourth-order valence-corrected chi connectivity index (χ4v) is 0.479. The van der Waals surface area contributed by atoms with Crippen LogP contribution in [0, 0.1) is 0 Å². The van der Waals surface area contributed by atoms with Crippen molar-refractivity contribution in [2.24, 2.45) is 5.73 Å². The molecule has 0 saturated carbocycles. The lowest BCUT2D eigenvalue weighted by Gasteiger charge is -1.91. The maximum Gasteiger partial charge on any atom is 0.412 e. The lowest BCUT2D eigenvalue weighted by atomic mass is 10.3. The Balaban J connectivity index is 3.60. The van der Waals surface area contributed by atoms with Crippen LogP contribution in [0.2, 0.25) is 0 Å². The molecule has 62 valence electrons. The molecule has 0 unspecified atom stereocenters. The summed E-state index contributed by atoms with van der Waals surface area (Å²) in [4.78, 5) is 20.5. The molecule has 11 heavy (non-hydrogen) atoms. The standard InChI is InChI=1S/C7H11NO3/c1-2-3-4-5-6(9)11-7(8)10/h4-5H,2-3H2,1H3,(H2,8,10). The normalized spacial score (nSPS) is 9.91. The molecule has 0 heterocycles. The van der Waals surface area contributed by atoms with E-state index in [0.717, 1.165) is 12.8 Å². The minimum atomic E-state index is -1.07. The number of esters is 1. The maximum absolute atomic E-state index is 10.5. The molecule has 4 heteroatoms. The first-order chi connectivity index (χ1) is 5.16. The number of amides is 1. The number of hydrogen-bond donors (Lipinski definition) is 1. The van der Waals surface area contributed by atoms with Gasteiger partial charge in [-0.05, 0) is 6.42 Å². The van der Waals surface area contributed by atoms with Crippen molar-refractivity contribution in [3.63, 3.8) is 0 Å². The molecule has 1 amide bonds. The van der Waals surface area contributed by atoms with E-state index in [9.17, 15) is 9.59 Å². The van der Waals surface area contributed by atoms with Crippen LogP contribution in [0.5, 0.6) is 0 Å².